The van der Waals surface area contributed by atoms with Gasteiger partial charge in [-0.25, -0.2) is 4.39 Å². The number of aromatic nitrogens is 1. The van der Waals surface area contributed by atoms with Crippen LogP contribution in [-0.4, -0.2) is 4.40 Å². The fourth-order valence-corrected chi connectivity index (χ4v) is 1.34. The summed E-state index contributed by atoms with van der Waals surface area (Å²) < 4.78 is 14.9. The number of nitrogens with zero attached hydrogens (tertiary/aromatic N) is 1. The van der Waals surface area contributed by atoms with Gasteiger partial charge < -0.3 is 10.1 Å². The van der Waals surface area contributed by atoms with E-state index in [-0.39, 0.29) is 12.4 Å². The molecule has 0 aromatic carbocycles. The fraction of sp³-hybridized carbons (Fsp3) is 0.111. The molecule has 2 heterocycles. The van der Waals surface area contributed by atoms with Crippen molar-refractivity contribution in [2.45, 2.75) is 6.54 Å². The summed E-state index contributed by atoms with van der Waals surface area (Å²) in [6, 6.07) is 7.06. The predicted molar refractivity (Wildman–Crippen MR) is 45.2 cm³/mol. The van der Waals surface area contributed by atoms with E-state index in [4.69, 9.17) is 5.73 Å². The number of pyridine rings is 1. The van der Waals surface area contributed by atoms with Crippen molar-refractivity contribution in [2.24, 2.45) is 5.73 Å². The van der Waals surface area contributed by atoms with Crippen LogP contribution in [-0.2, 0) is 6.54 Å². The van der Waals surface area contributed by atoms with Crippen molar-refractivity contribution in [1.29, 1.82) is 0 Å². The number of halogens is 1. The normalized spacial score (nSPS) is 10.8. The molecule has 0 saturated carbocycles. The largest absolute Gasteiger partial charge is 0.325 e. The van der Waals surface area contributed by atoms with Gasteiger partial charge in [-0.05, 0) is 18.2 Å². The molecule has 0 aliphatic carbocycles. The Bertz CT molecular complexity index is 406. The van der Waals surface area contributed by atoms with E-state index in [1.54, 1.807) is 10.6 Å². The Balaban J connectivity index is 2.81. The summed E-state index contributed by atoms with van der Waals surface area (Å²) in [5.74, 6) is -0.233. The topological polar surface area (TPSA) is 30.4 Å². The highest BCUT2D eigenvalue weighted by Gasteiger charge is 2.06. The van der Waals surface area contributed by atoms with Gasteiger partial charge in [-0.1, -0.05) is 6.07 Å². The molecule has 0 unspecified atom stereocenters. The summed E-state index contributed by atoms with van der Waals surface area (Å²) in [4.78, 5) is 0. The van der Waals surface area contributed by atoms with Crippen molar-refractivity contribution >= 4 is 5.52 Å². The van der Waals surface area contributed by atoms with Crippen LogP contribution in [0.1, 0.15) is 5.69 Å². The minimum absolute atomic E-state index is 0.226. The summed E-state index contributed by atoms with van der Waals surface area (Å²) in [7, 11) is 0. The zero-order valence-corrected chi connectivity index (χ0v) is 6.50. The van der Waals surface area contributed by atoms with Crippen molar-refractivity contribution in [3.8, 4) is 0 Å². The zero-order valence-electron chi connectivity index (χ0n) is 6.50. The molecule has 0 amide bonds. The molecule has 2 rings (SSSR count). The van der Waals surface area contributed by atoms with Crippen molar-refractivity contribution in [3.05, 3.63) is 42.0 Å². The summed E-state index contributed by atoms with van der Waals surface area (Å²) in [6.45, 7) is 0.226. The highest BCUT2D eigenvalue weighted by molar-refractivity contribution is 5.50. The monoisotopic (exact) mass is 164 g/mol. The third-order valence-corrected chi connectivity index (χ3v) is 1.93. The van der Waals surface area contributed by atoms with Gasteiger partial charge in [0.15, 0.2) is 0 Å². The molecule has 2 nitrogen and oxygen atoms in total. The molecular weight excluding hydrogens is 155 g/mol. The molecule has 0 aliphatic heterocycles. The van der Waals surface area contributed by atoms with E-state index >= 15 is 0 Å². The van der Waals surface area contributed by atoms with Crippen LogP contribution in [0.15, 0.2) is 30.5 Å². The van der Waals surface area contributed by atoms with Gasteiger partial charge in [-0.2, -0.15) is 0 Å². The Morgan fingerprint density at radius 2 is 2.25 bits per heavy atom. The lowest BCUT2D eigenvalue weighted by atomic mass is 10.4. The van der Waals surface area contributed by atoms with E-state index in [0.29, 0.717) is 5.69 Å². The highest BCUT2D eigenvalue weighted by atomic mass is 19.1. The zero-order chi connectivity index (χ0) is 8.55. The first-order valence-corrected chi connectivity index (χ1v) is 3.77. The summed E-state index contributed by atoms with van der Waals surface area (Å²) in [6.07, 6.45) is 1.81. The van der Waals surface area contributed by atoms with Gasteiger partial charge in [-0.15, -0.1) is 0 Å². The maximum atomic E-state index is 13.1. The number of hydrogen-bond acceptors (Lipinski definition) is 1. The Labute approximate surface area is 69.4 Å². The van der Waals surface area contributed by atoms with Crippen molar-refractivity contribution < 1.29 is 4.39 Å². The van der Waals surface area contributed by atoms with Crippen LogP contribution in [0, 0.1) is 5.82 Å². The molecular formula is C9H9FN2. The predicted octanol–water partition coefficient (Wildman–Crippen LogP) is 1.54. The van der Waals surface area contributed by atoms with Crippen LogP contribution in [0.4, 0.5) is 4.39 Å². The summed E-state index contributed by atoms with van der Waals surface area (Å²) in [5.41, 5.74) is 6.78. The lowest BCUT2D eigenvalue weighted by Crippen LogP contribution is -2.02. The lowest BCUT2D eigenvalue weighted by molar-refractivity contribution is 0.607. The molecule has 0 atom stereocenters. The minimum atomic E-state index is -0.233. The molecule has 2 aromatic rings. The number of rotatable bonds is 1. The second-order valence-corrected chi connectivity index (χ2v) is 2.64. The average molecular weight is 164 g/mol. The van der Waals surface area contributed by atoms with Crippen molar-refractivity contribution in [1.82, 2.24) is 4.40 Å². The molecule has 0 radical (unpaired) electrons. The first kappa shape index (κ1) is 7.31. The quantitative estimate of drug-likeness (QED) is 0.680. The molecule has 0 spiro atoms. The Morgan fingerprint density at radius 3 is 3.00 bits per heavy atom. The van der Waals surface area contributed by atoms with Crippen LogP contribution in [0.2, 0.25) is 0 Å². The third-order valence-electron chi connectivity index (χ3n) is 1.93. The van der Waals surface area contributed by atoms with E-state index in [1.165, 1.54) is 6.07 Å². The number of fused-ring (bicyclic) bond motifs is 1. The third kappa shape index (κ3) is 0.905. The van der Waals surface area contributed by atoms with Crippen LogP contribution < -0.4 is 5.73 Å². The smallest absolute Gasteiger partial charge is 0.146 e. The van der Waals surface area contributed by atoms with E-state index in [0.717, 1.165) is 5.52 Å². The lowest BCUT2D eigenvalue weighted by Gasteiger charge is -1.97. The molecule has 3 heteroatoms. The molecule has 0 saturated heterocycles. The van der Waals surface area contributed by atoms with Gasteiger partial charge in [0.05, 0.1) is 5.69 Å². The molecule has 2 aromatic heterocycles. The Hall–Kier alpha value is -1.35. The first-order valence-electron chi connectivity index (χ1n) is 3.77. The summed E-state index contributed by atoms with van der Waals surface area (Å²) >= 11 is 0. The van der Waals surface area contributed by atoms with Gasteiger partial charge in [0, 0.05) is 18.3 Å². The van der Waals surface area contributed by atoms with Gasteiger partial charge >= 0.3 is 0 Å². The Morgan fingerprint density at radius 1 is 1.42 bits per heavy atom. The first-order chi connectivity index (χ1) is 5.83. The maximum Gasteiger partial charge on any atom is 0.146 e. The molecule has 2 N–H and O–H groups in total. The van der Waals surface area contributed by atoms with Crippen LogP contribution >= 0.6 is 0 Å². The van der Waals surface area contributed by atoms with Crippen LogP contribution in [0.5, 0.6) is 0 Å². The van der Waals surface area contributed by atoms with Gasteiger partial charge in [0.2, 0.25) is 0 Å². The van der Waals surface area contributed by atoms with E-state index < -0.39 is 0 Å². The van der Waals surface area contributed by atoms with Crippen molar-refractivity contribution in [2.75, 3.05) is 0 Å². The number of nitrogens with two attached hydrogens (primary N) is 1. The fourth-order valence-electron chi connectivity index (χ4n) is 1.34. The molecule has 62 valence electrons. The second-order valence-electron chi connectivity index (χ2n) is 2.64. The van der Waals surface area contributed by atoms with Gasteiger partial charge in [0.1, 0.15) is 5.82 Å². The van der Waals surface area contributed by atoms with Gasteiger partial charge in [-0.3, -0.25) is 0 Å². The Kier molecular flexibility index (Phi) is 1.59. The molecule has 0 fully saturated rings. The molecule has 0 aliphatic rings. The SMILES string of the molecule is NCc1c(F)cc2ccccn12. The van der Waals surface area contributed by atoms with Crippen molar-refractivity contribution in [3.63, 3.8) is 0 Å². The molecule has 12 heavy (non-hydrogen) atoms. The van der Waals surface area contributed by atoms with E-state index in [9.17, 15) is 4.39 Å². The maximum absolute atomic E-state index is 13.1. The average Bonchev–Trinajstić information content (AvgIpc) is 2.40. The minimum Gasteiger partial charge on any atom is -0.325 e. The number of hydrogen-bond donors (Lipinski definition) is 1. The molecule has 0 bridgehead atoms. The van der Waals surface area contributed by atoms with Crippen LogP contribution in [0.3, 0.4) is 0 Å². The van der Waals surface area contributed by atoms with E-state index in [2.05, 4.69) is 0 Å². The summed E-state index contributed by atoms with van der Waals surface area (Å²) in [5, 5.41) is 0. The highest BCUT2D eigenvalue weighted by Crippen LogP contribution is 2.13. The second kappa shape index (κ2) is 2.60. The van der Waals surface area contributed by atoms with E-state index in [1.807, 2.05) is 18.2 Å². The van der Waals surface area contributed by atoms with Crippen LogP contribution in [0.25, 0.3) is 5.52 Å². The standard InChI is InChI=1S/C9H9FN2/c10-8-5-7-3-1-2-4-12(7)9(8)6-11/h1-5H,6,11H2. The van der Waals surface area contributed by atoms with Gasteiger partial charge in [0.25, 0.3) is 0 Å².